The zero-order valence-electron chi connectivity index (χ0n) is 12.7. The third kappa shape index (κ3) is 2.17. The molecular weight excluding hydrogens is 413 g/mol. The standard InChI is InChI=1S/C20H14INO2/c21-15-10-12-16(13-11-15)22-19(23)17-8-4-5-9-18(17)20(22,24)14-6-2-1-3-7-14/h1-13,24H/t20-/m0/s1. The summed E-state index contributed by atoms with van der Waals surface area (Å²) in [5.41, 5.74) is 0.967. The van der Waals surface area contributed by atoms with Gasteiger partial charge in [0.1, 0.15) is 0 Å². The third-order valence-corrected chi connectivity index (χ3v) is 5.04. The Morgan fingerprint density at radius 1 is 0.833 bits per heavy atom. The van der Waals surface area contributed by atoms with Crippen LogP contribution in [0.25, 0.3) is 0 Å². The first-order valence-corrected chi connectivity index (χ1v) is 8.68. The normalized spacial score (nSPS) is 19.4. The van der Waals surface area contributed by atoms with Crippen molar-refractivity contribution in [3.63, 3.8) is 0 Å². The molecule has 0 radical (unpaired) electrons. The molecule has 3 aromatic rings. The molecule has 0 aliphatic carbocycles. The summed E-state index contributed by atoms with van der Waals surface area (Å²) in [6, 6.07) is 24.1. The molecule has 3 aromatic carbocycles. The molecule has 4 rings (SSSR count). The molecule has 0 spiro atoms. The molecular formula is C20H14INO2. The summed E-state index contributed by atoms with van der Waals surface area (Å²) >= 11 is 2.22. The monoisotopic (exact) mass is 427 g/mol. The number of halogens is 1. The van der Waals surface area contributed by atoms with Crippen molar-refractivity contribution in [2.24, 2.45) is 0 Å². The number of benzene rings is 3. The molecule has 1 heterocycles. The van der Waals surface area contributed by atoms with Gasteiger partial charge in [-0.2, -0.15) is 0 Å². The number of nitrogens with zero attached hydrogens (tertiary/aromatic N) is 1. The Hall–Kier alpha value is -2.18. The van der Waals surface area contributed by atoms with Gasteiger partial charge >= 0.3 is 0 Å². The summed E-state index contributed by atoms with van der Waals surface area (Å²) < 4.78 is 1.07. The van der Waals surface area contributed by atoms with Crippen molar-refractivity contribution in [1.82, 2.24) is 0 Å². The van der Waals surface area contributed by atoms with E-state index in [2.05, 4.69) is 22.6 Å². The number of aliphatic hydroxyl groups is 1. The summed E-state index contributed by atoms with van der Waals surface area (Å²) in [4.78, 5) is 14.5. The molecule has 1 atom stereocenters. The zero-order valence-corrected chi connectivity index (χ0v) is 14.8. The number of fused-ring (bicyclic) bond motifs is 1. The van der Waals surface area contributed by atoms with Gasteiger partial charge in [0.25, 0.3) is 5.91 Å². The average Bonchev–Trinajstić information content (AvgIpc) is 2.86. The maximum absolute atomic E-state index is 13.0. The van der Waals surface area contributed by atoms with Crippen LogP contribution in [0.15, 0.2) is 78.9 Å². The zero-order chi connectivity index (χ0) is 16.7. The Morgan fingerprint density at radius 3 is 2.17 bits per heavy atom. The minimum atomic E-state index is -1.51. The molecule has 0 bridgehead atoms. The minimum Gasteiger partial charge on any atom is -0.363 e. The van der Waals surface area contributed by atoms with Crippen LogP contribution in [0, 0.1) is 3.57 Å². The molecule has 1 aliphatic heterocycles. The lowest BCUT2D eigenvalue weighted by Crippen LogP contribution is -2.45. The fourth-order valence-corrected chi connectivity index (χ4v) is 3.57. The lowest BCUT2D eigenvalue weighted by atomic mass is 9.93. The Balaban J connectivity index is 1.98. The molecule has 0 saturated heterocycles. The van der Waals surface area contributed by atoms with Crippen molar-refractivity contribution in [2.45, 2.75) is 5.72 Å². The SMILES string of the molecule is O=C1c2ccccc2[C@@](O)(c2ccccc2)N1c1ccc(I)cc1. The fourth-order valence-electron chi connectivity index (χ4n) is 3.21. The first-order valence-electron chi connectivity index (χ1n) is 7.60. The second-order valence-corrected chi connectivity index (χ2v) is 6.95. The molecule has 3 nitrogen and oxygen atoms in total. The highest BCUT2D eigenvalue weighted by Crippen LogP contribution is 2.44. The minimum absolute atomic E-state index is 0.196. The van der Waals surface area contributed by atoms with Crippen molar-refractivity contribution in [3.8, 4) is 0 Å². The van der Waals surface area contributed by atoms with Gasteiger partial charge in [-0.1, -0.05) is 48.5 Å². The summed E-state index contributed by atoms with van der Waals surface area (Å²) in [5.74, 6) is -0.196. The lowest BCUT2D eigenvalue weighted by molar-refractivity contribution is 0.0703. The topological polar surface area (TPSA) is 40.5 Å². The van der Waals surface area contributed by atoms with E-state index in [4.69, 9.17) is 0 Å². The molecule has 0 saturated carbocycles. The Bertz CT molecular complexity index is 908. The van der Waals surface area contributed by atoms with Crippen LogP contribution in [0.4, 0.5) is 5.69 Å². The first-order chi connectivity index (χ1) is 11.6. The van der Waals surface area contributed by atoms with E-state index in [1.54, 1.807) is 6.07 Å². The van der Waals surface area contributed by atoms with Gasteiger partial charge in [-0.3, -0.25) is 9.69 Å². The average molecular weight is 427 g/mol. The van der Waals surface area contributed by atoms with Crippen molar-refractivity contribution in [3.05, 3.63) is 99.1 Å². The number of amides is 1. The van der Waals surface area contributed by atoms with E-state index in [0.29, 0.717) is 22.4 Å². The molecule has 4 heteroatoms. The van der Waals surface area contributed by atoms with Crippen molar-refractivity contribution in [2.75, 3.05) is 4.90 Å². The van der Waals surface area contributed by atoms with Crippen molar-refractivity contribution < 1.29 is 9.90 Å². The highest BCUT2D eigenvalue weighted by atomic mass is 127. The van der Waals surface area contributed by atoms with Crippen molar-refractivity contribution >= 4 is 34.2 Å². The van der Waals surface area contributed by atoms with Crippen molar-refractivity contribution in [1.29, 1.82) is 0 Å². The van der Waals surface area contributed by atoms with E-state index in [9.17, 15) is 9.90 Å². The smallest absolute Gasteiger partial charge is 0.261 e. The van der Waals surface area contributed by atoms with E-state index in [0.717, 1.165) is 3.57 Å². The van der Waals surface area contributed by atoms with Crippen LogP contribution in [0.1, 0.15) is 21.5 Å². The van der Waals surface area contributed by atoms with Gasteiger partial charge in [0.05, 0.1) is 0 Å². The summed E-state index contributed by atoms with van der Waals surface area (Å²) in [5, 5.41) is 11.7. The number of hydrogen-bond donors (Lipinski definition) is 1. The second-order valence-electron chi connectivity index (χ2n) is 5.70. The van der Waals surface area contributed by atoms with Gasteiger partial charge < -0.3 is 5.11 Å². The predicted octanol–water partition coefficient (Wildman–Crippen LogP) is 4.15. The Kier molecular flexibility index (Phi) is 3.66. The van der Waals surface area contributed by atoms with E-state index < -0.39 is 5.72 Å². The van der Waals surface area contributed by atoms with E-state index in [1.165, 1.54) is 4.90 Å². The number of carbonyl (C=O) groups is 1. The molecule has 0 unspecified atom stereocenters. The molecule has 1 N–H and O–H groups in total. The number of carbonyl (C=O) groups excluding carboxylic acids is 1. The summed E-state index contributed by atoms with van der Waals surface area (Å²) in [6.45, 7) is 0. The molecule has 1 aliphatic rings. The largest absolute Gasteiger partial charge is 0.363 e. The highest BCUT2D eigenvalue weighted by Gasteiger charge is 2.50. The van der Waals surface area contributed by atoms with E-state index >= 15 is 0 Å². The maximum atomic E-state index is 13.0. The van der Waals surface area contributed by atoms with Gasteiger partial charge in [0.2, 0.25) is 0 Å². The van der Waals surface area contributed by atoms with Crippen LogP contribution in [0.3, 0.4) is 0 Å². The maximum Gasteiger partial charge on any atom is 0.261 e. The van der Waals surface area contributed by atoms with Gasteiger partial charge in [-0.25, -0.2) is 0 Å². The molecule has 24 heavy (non-hydrogen) atoms. The van der Waals surface area contributed by atoms with Gasteiger partial charge in [-0.05, 0) is 52.9 Å². The summed E-state index contributed by atoms with van der Waals surface area (Å²) in [6.07, 6.45) is 0. The van der Waals surface area contributed by atoms with E-state index in [1.807, 2.05) is 72.8 Å². The van der Waals surface area contributed by atoms with Crippen LogP contribution in [0.2, 0.25) is 0 Å². The lowest BCUT2D eigenvalue weighted by Gasteiger charge is -2.34. The van der Waals surface area contributed by atoms with E-state index in [-0.39, 0.29) is 5.91 Å². The van der Waals surface area contributed by atoms with Crippen LogP contribution in [0.5, 0.6) is 0 Å². The molecule has 0 aromatic heterocycles. The Labute approximate surface area is 153 Å². The predicted molar refractivity (Wildman–Crippen MR) is 102 cm³/mol. The van der Waals surface area contributed by atoms with Crippen LogP contribution < -0.4 is 4.90 Å². The molecule has 0 fully saturated rings. The number of hydrogen-bond acceptors (Lipinski definition) is 2. The fraction of sp³-hybridized carbons (Fsp3) is 0.0500. The third-order valence-electron chi connectivity index (χ3n) is 4.32. The quantitative estimate of drug-likeness (QED) is 0.625. The second kappa shape index (κ2) is 5.72. The van der Waals surface area contributed by atoms with Crippen LogP contribution in [-0.2, 0) is 5.72 Å². The van der Waals surface area contributed by atoms with Gasteiger partial charge in [0.15, 0.2) is 5.72 Å². The van der Waals surface area contributed by atoms with Gasteiger partial charge in [-0.15, -0.1) is 0 Å². The number of anilines is 1. The van der Waals surface area contributed by atoms with Crippen LogP contribution >= 0.6 is 22.6 Å². The summed E-state index contributed by atoms with van der Waals surface area (Å²) in [7, 11) is 0. The molecule has 1 amide bonds. The van der Waals surface area contributed by atoms with Crippen LogP contribution in [-0.4, -0.2) is 11.0 Å². The number of rotatable bonds is 2. The first kappa shape index (κ1) is 15.4. The Morgan fingerprint density at radius 2 is 1.46 bits per heavy atom. The highest BCUT2D eigenvalue weighted by molar-refractivity contribution is 14.1. The molecule has 118 valence electrons. The van der Waals surface area contributed by atoms with Gasteiger partial charge in [0, 0.05) is 25.9 Å².